The molecule has 2 heterocycles. The number of aromatic nitrogens is 2. The lowest BCUT2D eigenvalue weighted by atomic mass is 10.3. The Morgan fingerprint density at radius 1 is 1.45 bits per heavy atom. The van der Waals surface area contributed by atoms with E-state index in [9.17, 15) is 14.9 Å². The highest BCUT2D eigenvalue weighted by Gasteiger charge is 2.21. The first-order valence-corrected chi connectivity index (χ1v) is 6.16. The van der Waals surface area contributed by atoms with Crippen LogP contribution < -0.4 is 0 Å². The average Bonchev–Trinajstić information content (AvgIpc) is 2.82. The van der Waals surface area contributed by atoms with Gasteiger partial charge in [0.15, 0.2) is 5.03 Å². The Morgan fingerprint density at radius 3 is 2.75 bits per heavy atom. The van der Waals surface area contributed by atoms with E-state index in [-0.39, 0.29) is 21.6 Å². The number of pyridine rings is 1. The van der Waals surface area contributed by atoms with E-state index in [4.69, 9.17) is 4.42 Å². The van der Waals surface area contributed by atoms with Crippen LogP contribution in [0.2, 0.25) is 0 Å². The van der Waals surface area contributed by atoms with E-state index in [2.05, 4.69) is 14.7 Å². The number of carbonyl (C=O) groups excluding carboxylic acids is 1. The number of rotatable bonds is 4. The van der Waals surface area contributed by atoms with Crippen molar-refractivity contribution in [3.8, 4) is 0 Å². The number of oxazole rings is 1. The maximum absolute atomic E-state index is 11.4. The van der Waals surface area contributed by atoms with Crippen molar-refractivity contribution < 1.29 is 18.9 Å². The van der Waals surface area contributed by atoms with E-state index >= 15 is 0 Å². The van der Waals surface area contributed by atoms with Crippen LogP contribution in [-0.4, -0.2) is 28.0 Å². The van der Waals surface area contributed by atoms with Gasteiger partial charge in [-0.05, 0) is 24.8 Å². The van der Waals surface area contributed by atoms with Crippen LogP contribution in [0.1, 0.15) is 16.2 Å². The van der Waals surface area contributed by atoms with Gasteiger partial charge in [-0.15, -0.1) is 0 Å². The summed E-state index contributed by atoms with van der Waals surface area (Å²) in [6.45, 7) is 1.72. The van der Waals surface area contributed by atoms with Gasteiger partial charge in [-0.2, -0.15) is 0 Å². The van der Waals surface area contributed by atoms with E-state index in [0.29, 0.717) is 5.69 Å². The first-order chi connectivity index (χ1) is 9.51. The van der Waals surface area contributed by atoms with Gasteiger partial charge in [0.1, 0.15) is 12.0 Å². The molecule has 0 saturated carbocycles. The number of carbonyl (C=O) groups is 1. The Bertz CT molecular complexity index is 670. The van der Waals surface area contributed by atoms with Crippen LogP contribution in [0.4, 0.5) is 5.69 Å². The molecule has 0 aliphatic heterocycles. The lowest BCUT2D eigenvalue weighted by Gasteiger charge is -2.02. The predicted octanol–water partition coefficient (Wildman–Crippen LogP) is 2.22. The number of nitro groups is 1. The van der Waals surface area contributed by atoms with Gasteiger partial charge in [0.2, 0.25) is 0 Å². The Balaban J connectivity index is 2.41. The Kier molecular flexibility index (Phi) is 3.99. The summed E-state index contributed by atoms with van der Waals surface area (Å²) in [5.74, 6) is -0.676. The molecule has 0 fully saturated rings. The lowest BCUT2D eigenvalue weighted by molar-refractivity contribution is -0.388. The van der Waals surface area contributed by atoms with Crippen molar-refractivity contribution in [3.63, 3.8) is 0 Å². The SMILES string of the molecule is COC(=O)c1ccc([N+](=O)[O-])c(Sc2nc(C)co2)n1. The highest BCUT2D eigenvalue weighted by molar-refractivity contribution is 7.99. The Labute approximate surface area is 117 Å². The predicted molar refractivity (Wildman–Crippen MR) is 67.6 cm³/mol. The van der Waals surface area contributed by atoms with Gasteiger partial charge >= 0.3 is 11.7 Å². The number of methoxy groups -OCH3 is 1. The molecule has 2 rings (SSSR count). The first kappa shape index (κ1) is 14.0. The van der Waals surface area contributed by atoms with E-state index in [0.717, 1.165) is 11.8 Å². The van der Waals surface area contributed by atoms with Crippen molar-refractivity contribution in [2.75, 3.05) is 7.11 Å². The molecule has 0 spiro atoms. The monoisotopic (exact) mass is 295 g/mol. The molecule has 0 aliphatic rings. The highest BCUT2D eigenvalue weighted by atomic mass is 32.2. The molecule has 8 nitrogen and oxygen atoms in total. The molecule has 2 aromatic rings. The summed E-state index contributed by atoms with van der Waals surface area (Å²) in [6.07, 6.45) is 1.42. The summed E-state index contributed by atoms with van der Waals surface area (Å²) < 4.78 is 9.63. The summed E-state index contributed by atoms with van der Waals surface area (Å²) in [6, 6.07) is 2.42. The molecular formula is C11H9N3O5S. The summed E-state index contributed by atoms with van der Waals surface area (Å²) in [4.78, 5) is 29.7. The standard InChI is InChI=1S/C11H9N3O5S/c1-6-5-19-11(12-6)20-9-8(14(16)17)4-3-7(13-9)10(15)18-2/h3-5H,1-2H3. The fourth-order valence-corrected chi connectivity index (χ4v) is 2.17. The molecule has 0 atom stereocenters. The number of aryl methyl sites for hydroxylation is 1. The van der Waals surface area contributed by atoms with Gasteiger partial charge in [0.25, 0.3) is 5.22 Å². The Morgan fingerprint density at radius 2 is 2.20 bits per heavy atom. The summed E-state index contributed by atoms with van der Waals surface area (Å²) >= 11 is 0.867. The van der Waals surface area contributed by atoms with E-state index in [1.807, 2.05) is 0 Å². The fraction of sp³-hybridized carbons (Fsp3) is 0.182. The minimum Gasteiger partial charge on any atom is -0.464 e. The Hall–Kier alpha value is -2.42. The van der Waals surface area contributed by atoms with Gasteiger partial charge in [-0.3, -0.25) is 10.1 Å². The normalized spacial score (nSPS) is 10.3. The quantitative estimate of drug-likeness (QED) is 0.480. The number of hydrogen-bond donors (Lipinski definition) is 0. The topological polar surface area (TPSA) is 108 Å². The van der Waals surface area contributed by atoms with Crippen LogP contribution in [0, 0.1) is 17.0 Å². The van der Waals surface area contributed by atoms with Crippen LogP contribution in [-0.2, 0) is 4.74 Å². The van der Waals surface area contributed by atoms with Gasteiger partial charge in [-0.1, -0.05) is 0 Å². The maximum atomic E-state index is 11.4. The molecular weight excluding hydrogens is 286 g/mol. The fourth-order valence-electron chi connectivity index (χ4n) is 1.33. The second-order valence-electron chi connectivity index (χ2n) is 3.63. The van der Waals surface area contributed by atoms with Crippen molar-refractivity contribution in [1.82, 2.24) is 9.97 Å². The lowest BCUT2D eigenvalue weighted by Crippen LogP contribution is -2.06. The van der Waals surface area contributed by atoms with E-state index < -0.39 is 10.9 Å². The number of esters is 1. The molecule has 0 unspecified atom stereocenters. The zero-order valence-electron chi connectivity index (χ0n) is 10.5. The van der Waals surface area contributed by atoms with Crippen LogP contribution in [0.3, 0.4) is 0 Å². The van der Waals surface area contributed by atoms with Crippen molar-refractivity contribution in [3.05, 3.63) is 39.9 Å². The average molecular weight is 295 g/mol. The summed E-state index contributed by atoms with van der Waals surface area (Å²) in [5.41, 5.74) is 0.377. The molecule has 104 valence electrons. The van der Waals surface area contributed by atoms with Crippen LogP contribution >= 0.6 is 11.8 Å². The minimum atomic E-state index is -0.676. The van der Waals surface area contributed by atoms with Gasteiger partial charge in [-0.25, -0.2) is 14.8 Å². The minimum absolute atomic E-state index is 0.0137. The second kappa shape index (κ2) is 5.70. The van der Waals surface area contributed by atoms with Crippen molar-refractivity contribution >= 4 is 23.4 Å². The third-order valence-corrected chi connectivity index (χ3v) is 3.07. The summed E-state index contributed by atoms with van der Waals surface area (Å²) in [7, 11) is 1.20. The highest BCUT2D eigenvalue weighted by Crippen LogP contribution is 2.32. The number of nitrogens with zero attached hydrogens (tertiary/aromatic N) is 3. The van der Waals surface area contributed by atoms with Crippen LogP contribution in [0.25, 0.3) is 0 Å². The molecule has 20 heavy (non-hydrogen) atoms. The second-order valence-corrected chi connectivity index (χ2v) is 4.57. The maximum Gasteiger partial charge on any atom is 0.356 e. The third kappa shape index (κ3) is 2.94. The van der Waals surface area contributed by atoms with Crippen molar-refractivity contribution in [1.29, 1.82) is 0 Å². The molecule has 0 aliphatic carbocycles. The number of ether oxygens (including phenoxy) is 1. The molecule has 9 heteroatoms. The van der Waals surface area contributed by atoms with Crippen molar-refractivity contribution in [2.45, 2.75) is 17.2 Å². The van der Waals surface area contributed by atoms with Crippen molar-refractivity contribution in [2.24, 2.45) is 0 Å². The van der Waals surface area contributed by atoms with Gasteiger partial charge < -0.3 is 9.15 Å². The van der Waals surface area contributed by atoms with Gasteiger partial charge in [0, 0.05) is 6.07 Å². The molecule has 0 amide bonds. The van der Waals surface area contributed by atoms with E-state index in [1.54, 1.807) is 6.92 Å². The zero-order valence-corrected chi connectivity index (χ0v) is 11.3. The van der Waals surface area contributed by atoms with Gasteiger partial charge in [0.05, 0.1) is 17.7 Å². The largest absolute Gasteiger partial charge is 0.464 e. The summed E-state index contributed by atoms with van der Waals surface area (Å²) in [5, 5.41) is 11.2. The van der Waals surface area contributed by atoms with E-state index in [1.165, 1.54) is 25.5 Å². The zero-order chi connectivity index (χ0) is 14.7. The molecule has 0 N–H and O–H groups in total. The molecule has 0 aromatic carbocycles. The smallest absolute Gasteiger partial charge is 0.356 e. The third-order valence-electron chi connectivity index (χ3n) is 2.21. The molecule has 0 radical (unpaired) electrons. The molecule has 0 bridgehead atoms. The van der Waals surface area contributed by atoms with Crippen LogP contribution in [0.5, 0.6) is 0 Å². The molecule has 0 saturated heterocycles. The molecule has 2 aromatic heterocycles. The number of hydrogen-bond acceptors (Lipinski definition) is 8. The van der Waals surface area contributed by atoms with Crippen LogP contribution in [0.15, 0.2) is 33.1 Å². The first-order valence-electron chi connectivity index (χ1n) is 5.35.